The Kier molecular flexibility index (Phi) is 4.13. The van der Waals surface area contributed by atoms with Gasteiger partial charge in [-0.25, -0.2) is 0 Å². The van der Waals surface area contributed by atoms with Gasteiger partial charge in [-0.1, -0.05) is 50.9 Å². The fraction of sp³-hybridized carbons (Fsp3) is 0.300. The summed E-state index contributed by atoms with van der Waals surface area (Å²) in [5.74, 6) is 0.129. The zero-order chi connectivity index (χ0) is 9.84. The average Bonchev–Trinajstić information content (AvgIpc) is 2.16. The van der Waals surface area contributed by atoms with E-state index in [1.54, 1.807) is 0 Å². The monoisotopic (exact) mass is 304 g/mol. The summed E-state index contributed by atoms with van der Waals surface area (Å²) in [7, 11) is 0. The third-order valence-electron chi connectivity index (χ3n) is 1.88. The fourth-order valence-electron chi connectivity index (χ4n) is 1.24. The molecule has 0 spiro atoms. The zero-order valence-electron chi connectivity index (χ0n) is 7.31. The van der Waals surface area contributed by atoms with E-state index >= 15 is 0 Å². The minimum atomic E-state index is 0.129. The van der Waals surface area contributed by atoms with Gasteiger partial charge in [-0.3, -0.25) is 4.79 Å². The van der Waals surface area contributed by atoms with Gasteiger partial charge in [0.05, 0.1) is 5.33 Å². The molecule has 0 atom stereocenters. The molecule has 0 N–H and O–H groups in total. The molecule has 0 fully saturated rings. The molecule has 0 saturated heterocycles. The molecular weight excluding hydrogens is 296 g/mol. The molecule has 0 radical (unpaired) electrons. The summed E-state index contributed by atoms with van der Waals surface area (Å²) in [6.45, 7) is 2.05. The lowest BCUT2D eigenvalue weighted by Crippen LogP contribution is -2.05. The van der Waals surface area contributed by atoms with E-state index in [2.05, 4.69) is 31.9 Å². The molecule has 1 nitrogen and oxygen atoms in total. The Labute approximate surface area is 94.8 Å². The Morgan fingerprint density at radius 2 is 2.15 bits per heavy atom. The van der Waals surface area contributed by atoms with Gasteiger partial charge in [0, 0.05) is 10.0 Å². The number of alkyl halides is 1. The number of benzene rings is 1. The first-order valence-corrected chi connectivity index (χ1v) is 5.98. The standard InChI is InChI=1S/C10H10Br2O/c1-2-7-4-3-5-8(12)10(7)9(13)6-11/h3-5H,2,6H2,1H3. The van der Waals surface area contributed by atoms with E-state index in [-0.39, 0.29) is 5.78 Å². The van der Waals surface area contributed by atoms with Crippen LogP contribution in [0.4, 0.5) is 0 Å². The molecule has 1 aromatic carbocycles. The van der Waals surface area contributed by atoms with Crippen LogP contribution in [0.15, 0.2) is 22.7 Å². The van der Waals surface area contributed by atoms with E-state index in [0.29, 0.717) is 5.33 Å². The lowest BCUT2D eigenvalue weighted by molar-refractivity contribution is 0.102. The van der Waals surface area contributed by atoms with Crippen LogP contribution >= 0.6 is 31.9 Å². The molecule has 0 bridgehead atoms. The van der Waals surface area contributed by atoms with Crippen molar-refractivity contribution < 1.29 is 4.79 Å². The molecular formula is C10H10Br2O. The van der Waals surface area contributed by atoms with Crippen molar-refractivity contribution in [3.63, 3.8) is 0 Å². The maximum Gasteiger partial charge on any atom is 0.174 e. The van der Waals surface area contributed by atoms with Crippen molar-refractivity contribution in [2.24, 2.45) is 0 Å². The van der Waals surface area contributed by atoms with Gasteiger partial charge in [0.2, 0.25) is 0 Å². The van der Waals surface area contributed by atoms with E-state index in [1.807, 2.05) is 25.1 Å². The van der Waals surface area contributed by atoms with E-state index in [9.17, 15) is 4.79 Å². The number of rotatable bonds is 3. The molecule has 0 unspecified atom stereocenters. The van der Waals surface area contributed by atoms with Crippen LogP contribution in [0.2, 0.25) is 0 Å². The molecule has 0 saturated carbocycles. The van der Waals surface area contributed by atoms with E-state index in [4.69, 9.17) is 0 Å². The first-order chi connectivity index (χ1) is 6.20. The maximum atomic E-state index is 11.5. The van der Waals surface area contributed by atoms with Crippen molar-refractivity contribution in [3.05, 3.63) is 33.8 Å². The van der Waals surface area contributed by atoms with Gasteiger partial charge in [-0.05, 0) is 18.1 Å². The van der Waals surface area contributed by atoms with Crippen molar-refractivity contribution in [2.75, 3.05) is 5.33 Å². The van der Waals surface area contributed by atoms with Crippen molar-refractivity contribution >= 4 is 37.6 Å². The average molecular weight is 306 g/mol. The first kappa shape index (κ1) is 10.9. The summed E-state index contributed by atoms with van der Waals surface area (Å²) in [5.41, 5.74) is 1.90. The lowest BCUT2D eigenvalue weighted by atomic mass is 10.0. The second-order valence-corrected chi connectivity index (χ2v) is 4.10. The second kappa shape index (κ2) is 4.91. The summed E-state index contributed by atoms with van der Waals surface area (Å²) >= 11 is 6.57. The van der Waals surface area contributed by atoms with Crippen LogP contribution in [0.5, 0.6) is 0 Å². The summed E-state index contributed by atoms with van der Waals surface area (Å²) in [5, 5.41) is 0.378. The van der Waals surface area contributed by atoms with Crippen LogP contribution in [0.3, 0.4) is 0 Å². The molecule has 0 aliphatic heterocycles. The largest absolute Gasteiger partial charge is 0.293 e. The minimum Gasteiger partial charge on any atom is -0.293 e. The van der Waals surface area contributed by atoms with Gasteiger partial charge in [0.25, 0.3) is 0 Å². The molecule has 0 aliphatic carbocycles. The van der Waals surface area contributed by atoms with Gasteiger partial charge in [0.1, 0.15) is 0 Å². The maximum absolute atomic E-state index is 11.5. The fourth-order valence-corrected chi connectivity index (χ4v) is 2.15. The number of hydrogen-bond acceptors (Lipinski definition) is 1. The molecule has 0 amide bonds. The highest BCUT2D eigenvalue weighted by Crippen LogP contribution is 2.22. The third-order valence-corrected chi connectivity index (χ3v) is 3.05. The molecule has 1 aromatic rings. The SMILES string of the molecule is CCc1cccc(Br)c1C(=O)CBr. The van der Waals surface area contributed by atoms with Crippen LogP contribution in [-0.4, -0.2) is 11.1 Å². The van der Waals surface area contributed by atoms with Crippen LogP contribution in [0.25, 0.3) is 0 Å². The summed E-state index contributed by atoms with van der Waals surface area (Å²) in [6.07, 6.45) is 0.882. The Bertz CT molecular complexity index is 321. The normalized spacial score (nSPS) is 10.1. The molecule has 0 aliphatic rings. The Balaban J connectivity index is 3.22. The predicted octanol–water partition coefficient (Wildman–Crippen LogP) is 3.59. The van der Waals surface area contributed by atoms with Crippen molar-refractivity contribution in [3.8, 4) is 0 Å². The van der Waals surface area contributed by atoms with Crippen LogP contribution in [0.1, 0.15) is 22.8 Å². The number of ketones is 1. The van der Waals surface area contributed by atoms with E-state index in [1.165, 1.54) is 0 Å². The lowest BCUT2D eigenvalue weighted by Gasteiger charge is -2.06. The quantitative estimate of drug-likeness (QED) is 0.616. The smallest absolute Gasteiger partial charge is 0.174 e. The van der Waals surface area contributed by atoms with Crippen molar-refractivity contribution in [1.29, 1.82) is 0 Å². The number of carbonyl (C=O) groups is 1. The Morgan fingerprint density at radius 3 is 2.69 bits per heavy atom. The molecule has 13 heavy (non-hydrogen) atoms. The summed E-state index contributed by atoms with van der Waals surface area (Å²) in [6, 6.07) is 5.84. The minimum absolute atomic E-state index is 0.129. The highest BCUT2D eigenvalue weighted by atomic mass is 79.9. The van der Waals surface area contributed by atoms with Gasteiger partial charge in [0.15, 0.2) is 5.78 Å². The highest BCUT2D eigenvalue weighted by molar-refractivity contribution is 9.10. The molecule has 0 heterocycles. The summed E-state index contributed by atoms with van der Waals surface area (Å²) in [4.78, 5) is 11.5. The Hall–Kier alpha value is -0.150. The molecule has 70 valence electrons. The Morgan fingerprint density at radius 1 is 1.46 bits per heavy atom. The number of carbonyl (C=O) groups excluding carboxylic acids is 1. The highest BCUT2D eigenvalue weighted by Gasteiger charge is 2.12. The second-order valence-electron chi connectivity index (χ2n) is 2.68. The van der Waals surface area contributed by atoms with E-state index < -0.39 is 0 Å². The molecule has 1 rings (SSSR count). The number of aryl methyl sites for hydroxylation is 1. The summed E-state index contributed by atoms with van der Waals surface area (Å²) < 4.78 is 0.885. The van der Waals surface area contributed by atoms with Gasteiger partial charge >= 0.3 is 0 Å². The van der Waals surface area contributed by atoms with E-state index in [0.717, 1.165) is 22.0 Å². The van der Waals surface area contributed by atoms with Crippen LogP contribution in [-0.2, 0) is 6.42 Å². The number of halogens is 2. The van der Waals surface area contributed by atoms with Gasteiger partial charge in [-0.2, -0.15) is 0 Å². The van der Waals surface area contributed by atoms with Crippen LogP contribution in [0, 0.1) is 0 Å². The first-order valence-electron chi connectivity index (χ1n) is 4.07. The topological polar surface area (TPSA) is 17.1 Å². The predicted molar refractivity (Wildman–Crippen MR) is 61.6 cm³/mol. The van der Waals surface area contributed by atoms with Crippen LogP contribution < -0.4 is 0 Å². The molecule has 0 aromatic heterocycles. The van der Waals surface area contributed by atoms with Crippen molar-refractivity contribution in [1.82, 2.24) is 0 Å². The zero-order valence-corrected chi connectivity index (χ0v) is 10.5. The van der Waals surface area contributed by atoms with Gasteiger partial charge in [-0.15, -0.1) is 0 Å². The molecule has 3 heteroatoms. The number of hydrogen-bond donors (Lipinski definition) is 0. The van der Waals surface area contributed by atoms with Crippen molar-refractivity contribution in [2.45, 2.75) is 13.3 Å². The number of Topliss-reactive ketones (excluding diaryl/α,β-unsaturated/α-hetero) is 1. The third kappa shape index (κ3) is 2.41. The van der Waals surface area contributed by atoms with Gasteiger partial charge < -0.3 is 0 Å².